The van der Waals surface area contributed by atoms with Crippen molar-refractivity contribution >= 4 is 5.97 Å². The fourth-order valence-corrected chi connectivity index (χ4v) is 1.53. The molecule has 0 aromatic carbocycles. The van der Waals surface area contributed by atoms with Crippen LogP contribution in [0.5, 0.6) is 0 Å². The van der Waals surface area contributed by atoms with Crippen molar-refractivity contribution < 1.29 is 23.1 Å². The number of aliphatic carboxylic acids is 1. The maximum Gasteiger partial charge on any atom is 0.401 e. The summed E-state index contributed by atoms with van der Waals surface area (Å²) in [5.41, 5.74) is 0. The van der Waals surface area contributed by atoms with E-state index in [9.17, 15) is 18.0 Å². The van der Waals surface area contributed by atoms with Crippen LogP contribution in [0, 0.1) is 0 Å². The van der Waals surface area contributed by atoms with Crippen LogP contribution < -0.4 is 0 Å². The van der Waals surface area contributed by atoms with Gasteiger partial charge in [0.15, 0.2) is 0 Å². The minimum Gasteiger partial charge on any atom is -0.480 e. The molecule has 0 radical (unpaired) electrons. The lowest BCUT2D eigenvalue weighted by atomic mass is 10.2. The highest BCUT2D eigenvalue weighted by Gasteiger charge is 2.38. The van der Waals surface area contributed by atoms with Gasteiger partial charge in [0.25, 0.3) is 0 Å². The summed E-state index contributed by atoms with van der Waals surface area (Å²) in [7, 11) is 0. The van der Waals surface area contributed by atoms with E-state index < -0.39 is 24.7 Å². The lowest BCUT2D eigenvalue weighted by molar-refractivity contribution is -0.157. The van der Waals surface area contributed by atoms with Crippen LogP contribution in [0.25, 0.3) is 0 Å². The number of rotatable bonds is 2. The molecule has 76 valence electrons. The Kier molecular flexibility index (Phi) is 2.80. The number of nitrogens with zero attached hydrogens (tertiary/aromatic N) is 1. The second kappa shape index (κ2) is 3.53. The topological polar surface area (TPSA) is 40.5 Å². The SMILES string of the molecule is O=C(O)[C@@H]1CCCN1CC(F)(F)F. The molecule has 0 aromatic heterocycles. The monoisotopic (exact) mass is 197 g/mol. The van der Waals surface area contributed by atoms with E-state index in [4.69, 9.17) is 5.11 Å². The van der Waals surface area contributed by atoms with Crippen LogP contribution in [-0.4, -0.2) is 41.3 Å². The molecule has 1 rings (SSSR count). The standard InChI is InChI=1S/C7H10F3NO2/c8-7(9,10)4-11-3-1-2-5(11)6(12)13/h5H,1-4H2,(H,12,13)/t5-/m0/s1. The van der Waals surface area contributed by atoms with Gasteiger partial charge in [-0.25, -0.2) is 0 Å². The predicted molar refractivity (Wildman–Crippen MR) is 38.3 cm³/mol. The summed E-state index contributed by atoms with van der Waals surface area (Å²) in [6, 6.07) is -0.957. The van der Waals surface area contributed by atoms with Gasteiger partial charge in [0, 0.05) is 0 Å². The zero-order valence-corrected chi connectivity index (χ0v) is 6.84. The highest BCUT2D eigenvalue weighted by molar-refractivity contribution is 5.73. The molecule has 0 saturated carbocycles. The molecule has 1 heterocycles. The number of alkyl halides is 3. The summed E-state index contributed by atoms with van der Waals surface area (Å²) < 4.78 is 35.7. The van der Waals surface area contributed by atoms with Gasteiger partial charge in [-0.05, 0) is 19.4 Å². The van der Waals surface area contributed by atoms with Crippen molar-refractivity contribution in [3.63, 3.8) is 0 Å². The van der Waals surface area contributed by atoms with Crippen molar-refractivity contribution in [2.75, 3.05) is 13.1 Å². The quantitative estimate of drug-likeness (QED) is 0.720. The van der Waals surface area contributed by atoms with Gasteiger partial charge in [-0.1, -0.05) is 0 Å². The lowest BCUT2D eigenvalue weighted by Crippen LogP contribution is -2.41. The Morgan fingerprint density at radius 3 is 2.62 bits per heavy atom. The van der Waals surface area contributed by atoms with E-state index in [1.54, 1.807) is 0 Å². The molecule has 0 spiro atoms. The fourth-order valence-electron chi connectivity index (χ4n) is 1.53. The number of hydrogen-bond donors (Lipinski definition) is 1. The van der Waals surface area contributed by atoms with E-state index in [0.29, 0.717) is 12.8 Å². The second-order valence-electron chi connectivity index (χ2n) is 3.08. The minimum absolute atomic E-state index is 0.219. The third-order valence-corrected chi connectivity index (χ3v) is 2.03. The first-order valence-corrected chi connectivity index (χ1v) is 3.94. The van der Waals surface area contributed by atoms with E-state index in [2.05, 4.69) is 0 Å². The largest absolute Gasteiger partial charge is 0.480 e. The van der Waals surface area contributed by atoms with Crippen LogP contribution in [-0.2, 0) is 4.79 Å². The summed E-state index contributed by atoms with van der Waals surface area (Å²) in [5.74, 6) is -1.17. The third-order valence-electron chi connectivity index (χ3n) is 2.03. The summed E-state index contributed by atoms with van der Waals surface area (Å²) in [4.78, 5) is 11.4. The van der Waals surface area contributed by atoms with Gasteiger partial charge in [-0.2, -0.15) is 13.2 Å². The Labute approximate surface area is 73.1 Å². The van der Waals surface area contributed by atoms with Crippen LogP contribution in [0.1, 0.15) is 12.8 Å². The molecule has 1 N–H and O–H groups in total. The Morgan fingerprint density at radius 1 is 1.54 bits per heavy atom. The molecular formula is C7H10F3NO2. The Bertz CT molecular complexity index is 204. The van der Waals surface area contributed by atoms with Crippen molar-refractivity contribution in [2.24, 2.45) is 0 Å². The molecule has 13 heavy (non-hydrogen) atoms. The molecule has 0 unspecified atom stereocenters. The first-order valence-electron chi connectivity index (χ1n) is 3.94. The molecule has 1 fully saturated rings. The smallest absolute Gasteiger partial charge is 0.401 e. The number of carbonyl (C=O) groups is 1. The first kappa shape index (κ1) is 10.3. The van der Waals surface area contributed by atoms with E-state index in [1.165, 1.54) is 0 Å². The van der Waals surface area contributed by atoms with Crippen LogP contribution in [0.4, 0.5) is 13.2 Å². The van der Waals surface area contributed by atoms with Crippen LogP contribution in [0.15, 0.2) is 0 Å². The number of likely N-dealkylation sites (tertiary alicyclic amines) is 1. The number of carboxylic acid groups (broad SMARTS) is 1. The van der Waals surface area contributed by atoms with E-state index in [-0.39, 0.29) is 6.54 Å². The van der Waals surface area contributed by atoms with Gasteiger partial charge in [-0.3, -0.25) is 9.69 Å². The molecule has 1 aliphatic rings. The molecule has 0 aliphatic carbocycles. The van der Waals surface area contributed by atoms with Crippen LogP contribution in [0.3, 0.4) is 0 Å². The van der Waals surface area contributed by atoms with Crippen molar-refractivity contribution in [2.45, 2.75) is 25.1 Å². The minimum atomic E-state index is -4.31. The zero-order valence-electron chi connectivity index (χ0n) is 6.84. The average Bonchev–Trinajstić information content (AvgIpc) is 2.31. The molecule has 1 aliphatic heterocycles. The molecule has 0 aromatic rings. The molecule has 6 heteroatoms. The van der Waals surface area contributed by atoms with Crippen LogP contribution in [0.2, 0.25) is 0 Å². The number of hydrogen-bond acceptors (Lipinski definition) is 2. The van der Waals surface area contributed by atoms with Gasteiger partial charge in [-0.15, -0.1) is 0 Å². The molecule has 3 nitrogen and oxygen atoms in total. The Balaban J connectivity index is 2.54. The molecular weight excluding hydrogens is 187 g/mol. The molecule has 0 amide bonds. The lowest BCUT2D eigenvalue weighted by Gasteiger charge is -2.21. The summed E-state index contributed by atoms with van der Waals surface area (Å²) >= 11 is 0. The molecule has 1 saturated heterocycles. The Hall–Kier alpha value is -0.780. The van der Waals surface area contributed by atoms with Gasteiger partial charge in [0.05, 0.1) is 6.54 Å². The van der Waals surface area contributed by atoms with Crippen LogP contribution >= 0.6 is 0 Å². The first-order chi connectivity index (χ1) is 5.90. The summed E-state index contributed by atoms with van der Waals surface area (Å²) in [6.07, 6.45) is -3.48. The zero-order chi connectivity index (χ0) is 10.1. The highest BCUT2D eigenvalue weighted by Crippen LogP contribution is 2.23. The number of carboxylic acids is 1. The van der Waals surface area contributed by atoms with Crippen molar-refractivity contribution in [1.29, 1.82) is 0 Å². The normalized spacial score (nSPS) is 25.0. The fraction of sp³-hybridized carbons (Fsp3) is 0.857. The summed E-state index contributed by atoms with van der Waals surface area (Å²) in [5, 5.41) is 8.57. The summed E-state index contributed by atoms with van der Waals surface area (Å²) in [6.45, 7) is -0.902. The van der Waals surface area contributed by atoms with E-state index in [1.807, 2.05) is 0 Å². The van der Waals surface area contributed by atoms with Crippen molar-refractivity contribution in [1.82, 2.24) is 4.90 Å². The van der Waals surface area contributed by atoms with Gasteiger partial charge in [0.2, 0.25) is 0 Å². The second-order valence-corrected chi connectivity index (χ2v) is 3.08. The van der Waals surface area contributed by atoms with E-state index >= 15 is 0 Å². The molecule has 1 atom stereocenters. The third kappa shape index (κ3) is 2.87. The van der Waals surface area contributed by atoms with Gasteiger partial charge >= 0.3 is 12.1 Å². The highest BCUT2D eigenvalue weighted by atomic mass is 19.4. The molecule has 0 bridgehead atoms. The maximum absolute atomic E-state index is 11.9. The van der Waals surface area contributed by atoms with Crippen molar-refractivity contribution in [3.8, 4) is 0 Å². The average molecular weight is 197 g/mol. The predicted octanol–water partition coefficient (Wildman–Crippen LogP) is 1.10. The van der Waals surface area contributed by atoms with Gasteiger partial charge in [0.1, 0.15) is 6.04 Å². The van der Waals surface area contributed by atoms with Gasteiger partial charge < -0.3 is 5.11 Å². The van der Waals surface area contributed by atoms with E-state index in [0.717, 1.165) is 4.90 Å². The maximum atomic E-state index is 11.9. The number of halogens is 3. The van der Waals surface area contributed by atoms with Crippen molar-refractivity contribution in [3.05, 3.63) is 0 Å². The Morgan fingerprint density at radius 2 is 2.15 bits per heavy atom.